The van der Waals surface area contributed by atoms with Crippen molar-refractivity contribution in [1.82, 2.24) is 26.0 Å². The molecule has 0 spiro atoms. The number of cyclic esters (lactones) is 1. The molecule has 11 heteroatoms. The summed E-state index contributed by atoms with van der Waals surface area (Å²) in [5, 5.41) is 24.8. The molecule has 2 aromatic carbocycles. The fraction of sp³-hybridized carbons (Fsp3) is 0.273. The van der Waals surface area contributed by atoms with Crippen LogP contribution in [0.3, 0.4) is 0 Å². The van der Waals surface area contributed by atoms with Crippen molar-refractivity contribution in [3.63, 3.8) is 0 Å². The zero-order valence-corrected chi connectivity index (χ0v) is 17.6. The van der Waals surface area contributed by atoms with E-state index in [4.69, 9.17) is 9.84 Å². The number of amides is 2. The molecule has 1 aliphatic heterocycles. The minimum absolute atomic E-state index is 0.0714. The third kappa shape index (κ3) is 5.51. The number of aromatic nitrogens is 3. The van der Waals surface area contributed by atoms with Crippen LogP contribution in [0.4, 0.5) is 14.9 Å². The average molecular weight is 454 g/mol. The molecule has 0 aliphatic carbocycles. The first-order chi connectivity index (χ1) is 16.0. The van der Waals surface area contributed by atoms with Gasteiger partial charge in [0.2, 0.25) is 5.91 Å². The SMILES string of the molecule is O=C(CO)NC[C@H]1CN(c2ccc(-c3ccc(CNCc4cn[nH]n4)cc3)c(F)c2)C(=O)O1. The Morgan fingerprint density at radius 2 is 2.06 bits per heavy atom. The van der Waals surface area contributed by atoms with E-state index in [9.17, 15) is 14.0 Å². The molecule has 0 bridgehead atoms. The molecule has 4 N–H and O–H groups in total. The second-order valence-corrected chi connectivity index (χ2v) is 7.50. The summed E-state index contributed by atoms with van der Waals surface area (Å²) in [5.74, 6) is -1.02. The molecule has 1 aliphatic rings. The van der Waals surface area contributed by atoms with Crippen molar-refractivity contribution in [2.24, 2.45) is 0 Å². The first kappa shape index (κ1) is 22.4. The van der Waals surface area contributed by atoms with Crippen molar-refractivity contribution in [1.29, 1.82) is 0 Å². The van der Waals surface area contributed by atoms with E-state index >= 15 is 0 Å². The topological polar surface area (TPSA) is 132 Å². The molecule has 33 heavy (non-hydrogen) atoms. The summed E-state index contributed by atoms with van der Waals surface area (Å²) in [6.07, 6.45) is 0.452. The number of aromatic amines is 1. The van der Waals surface area contributed by atoms with Gasteiger partial charge in [-0.15, -0.1) is 0 Å². The lowest BCUT2D eigenvalue weighted by Crippen LogP contribution is -2.36. The first-order valence-electron chi connectivity index (χ1n) is 10.3. The van der Waals surface area contributed by atoms with E-state index in [2.05, 4.69) is 26.0 Å². The van der Waals surface area contributed by atoms with Crippen LogP contribution in [0.2, 0.25) is 0 Å². The van der Waals surface area contributed by atoms with Crippen molar-refractivity contribution < 1.29 is 23.8 Å². The monoisotopic (exact) mass is 454 g/mol. The Labute approximate surface area is 188 Å². The summed E-state index contributed by atoms with van der Waals surface area (Å²) in [7, 11) is 0. The summed E-state index contributed by atoms with van der Waals surface area (Å²) >= 11 is 0. The van der Waals surface area contributed by atoms with Crippen molar-refractivity contribution in [3.05, 3.63) is 65.7 Å². The number of nitrogens with one attached hydrogen (secondary N) is 3. The lowest BCUT2D eigenvalue weighted by Gasteiger charge is -2.15. The van der Waals surface area contributed by atoms with Gasteiger partial charge < -0.3 is 20.5 Å². The van der Waals surface area contributed by atoms with E-state index in [0.29, 0.717) is 29.9 Å². The summed E-state index contributed by atoms with van der Waals surface area (Å²) in [5.41, 5.74) is 3.36. The van der Waals surface area contributed by atoms with E-state index in [0.717, 1.165) is 11.3 Å². The normalized spacial score (nSPS) is 15.5. The van der Waals surface area contributed by atoms with Crippen LogP contribution in [0.1, 0.15) is 11.3 Å². The predicted molar refractivity (Wildman–Crippen MR) is 116 cm³/mol. The number of aliphatic hydroxyl groups excluding tert-OH is 1. The van der Waals surface area contributed by atoms with Gasteiger partial charge in [0.1, 0.15) is 18.5 Å². The van der Waals surface area contributed by atoms with E-state index in [1.807, 2.05) is 24.3 Å². The molecule has 1 saturated heterocycles. The molecular formula is C22H23FN6O4. The Bertz CT molecular complexity index is 1110. The van der Waals surface area contributed by atoms with Crippen LogP contribution in [-0.2, 0) is 22.6 Å². The van der Waals surface area contributed by atoms with Gasteiger partial charge in [-0.1, -0.05) is 24.3 Å². The van der Waals surface area contributed by atoms with Gasteiger partial charge in [-0.2, -0.15) is 15.4 Å². The van der Waals surface area contributed by atoms with Crippen LogP contribution in [-0.4, -0.2) is 58.3 Å². The molecule has 1 atom stereocenters. The standard InChI is InChI=1S/C22H23FN6O4/c23-20-7-17(29-12-18(33-22(29)32)11-25-21(31)13-30)5-6-19(20)15-3-1-14(2-4-15)8-24-9-16-10-26-28-27-16/h1-7,10,18,24,30H,8-9,11-13H2,(H,25,31)(H,26,27,28)/t18-/m0/s1. The number of anilines is 1. The van der Waals surface area contributed by atoms with Gasteiger partial charge in [-0.25, -0.2) is 9.18 Å². The molecule has 3 aromatic rings. The number of hydrogen-bond donors (Lipinski definition) is 4. The maximum atomic E-state index is 14.9. The Hall–Kier alpha value is -3.83. The zero-order chi connectivity index (χ0) is 23.2. The minimum Gasteiger partial charge on any atom is -0.442 e. The van der Waals surface area contributed by atoms with Gasteiger partial charge in [0.15, 0.2) is 0 Å². The van der Waals surface area contributed by atoms with Gasteiger partial charge in [0, 0.05) is 18.7 Å². The Morgan fingerprint density at radius 3 is 2.76 bits per heavy atom. The minimum atomic E-state index is -0.642. The molecule has 172 valence electrons. The highest BCUT2D eigenvalue weighted by molar-refractivity contribution is 5.90. The van der Waals surface area contributed by atoms with Crippen LogP contribution < -0.4 is 15.5 Å². The van der Waals surface area contributed by atoms with E-state index in [1.54, 1.807) is 18.3 Å². The van der Waals surface area contributed by atoms with Crippen LogP contribution in [0.5, 0.6) is 0 Å². The summed E-state index contributed by atoms with van der Waals surface area (Å²) in [4.78, 5) is 24.6. The zero-order valence-electron chi connectivity index (χ0n) is 17.6. The number of halogens is 1. The predicted octanol–water partition coefficient (Wildman–Crippen LogP) is 1.33. The fourth-order valence-electron chi connectivity index (χ4n) is 3.48. The van der Waals surface area contributed by atoms with Gasteiger partial charge in [-0.3, -0.25) is 9.69 Å². The van der Waals surface area contributed by atoms with Crippen molar-refractivity contribution in [2.75, 3.05) is 24.6 Å². The first-order valence-corrected chi connectivity index (χ1v) is 10.3. The van der Waals surface area contributed by atoms with Crippen LogP contribution in [0.25, 0.3) is 11.1 Å². The largest absolute Gasteiger partial charge is 0.442 e. The molecule has 0 unspecified atom stereocenters. The van der Waals surface area contributed by atoms with Gasteiger partial charge in [0.25, 0.3) is 0 Å². The van der Waals surface area contributed by atoms with Crippen LogP contribution in [0, 0.1) is 5.82 Å². The second-order valence-electron chi connectivity index (χ2n) is 7.50. The number of carbonyl (C=O) groups is 2. The Kier molecular flexibility index (Phi) is 6.91. The molecule has 4 rings (SSSR count). The highest BCUT2D eigenvalue weighted by atomic mass is 19.1. The number of carbonyl (C=O) groups excluding carboxylic acids is 2. The Balaban J connectivity index is 1.37. The maximum Gasteiger partial charge on any atom is 0.414 e. The lowest BCUT2D eigenvalue weighted by molar-refractivity contribution is -0.124. The lowest BCUT2D eigenvalue weighted by atomic mass is 10.0. The molecule has 1 aromatic heterocycles. The second kappa shape index (κ2) is 10.2. The van der Waals surface area contributed by atoms with Gasteiger partial charge >= 0.3 is 6.09 Å². The van der Waals surface area contributed by atoms with Gasteiger partial charge in [0.05, 0.1) is 30.7 Å². The smallest absolute Gasteiger partial charge is 0.414 e. The number of ether oxygens (including phenoxy) is 1. The average Bonchev–Trinajstić information content (AvgIpc) is 3.47. The van der Waals surface area contributed by atoms with Crippen molar-refractivity contribution in [3.8, 4) is 11.1 Å². The number of benzene rings is 2. The molecule has 2 amide bonds. The summed E-state index contributed by atoms with van der Waals surface area (Å²) in [6.45, 7) is 0.812. The molecular weight excluding hydrogens is 431 g/mol. The molecule has 10 nitrogen and oxygen atoms in total. The van der Waals surface area contributed by atoms with Crippen molar-refractivity contribution >= 4 is 17.7 Å². The third-order valence-corrected chi connectivity index (χ3v) is 5.17. The summed E-state index contributed by atoms with van der Waals surface area (Å²) < 4.78 is 20.1. The van der Waals surface area contributed by atoms with Crippen molar-refractivity contribution in [2.45, 2.75) is 19.2 Å². The molecule has 2 heterocycles. The number of nitrogens with zero attached hydrogens (tertiary/aromatic N) is 3. The maximum absolute atomic E-state index is 14.9. The number of rotatable bonds is 9. The summed E-state index contributed by atoms with van der Waals surface area (Å²) in [6, 6.07) is 12.1. The number of aliphatic hydroxyl groups is 1. The molecule has 0 saturated carbocycles. The highest BCUT2D eigenvalue weighted by Gasteiger charge is 2.32. The number of hydrogen-bond acceptors (Lipinski definition) is 7. The number of H-pyrrole nitrogens is 1. The molecule has 1 fully saturated rings. The van der Waals surface area contributed by atoms with Gasteiger partial charge in [-0.05, 0) is 29.3 Å². The van der Waals surface area contributed by atoms with E-state index in [-0.39, 0.29) is 13.1 Å². The van der Waals surface area contributed by atoms with Crippen LogP contribution in [0.15, 0.2) is 48.7 Å². The fourth-order valence-corrected chi connectivity index (χ4v) is 3.48. The van der Waals surface area contributed by atoms with Crippen LogP contribution >= 0.6 is 0 Å². The molecule has 0 radical (unpaired) electrons. The van der Waals surface area contributed by atoms with E-state index in [1.165, 1.54) is 11.0 Å². The quantitative estimate of drug-likeness (QED) is 0.383. The third-order valence-electron chi connectivity index (χ3n) is 5.17. The Morgan fingerprint density at radius 1 is 1.24 bits per heavy atom. The highest BCUT2D eigenvalue weighted by Crippen LogP contribution is 2.29. The van der Waals surface area contributed by atoms with E-state index < -0.39 is 30.5 Å².